The zero-order valence-corrected chi connectivity index (χ0v) is 19.8. The lowest BCUT2D eigenvalue weighted by Crippen LogP contribution is -2.24. The molecule has 2 heterocycles. The van der Waals surface area contributed by atoms with Gasteiger partial charge in [-0.05, 0) is 60.3 Å². The van der Waals surface area contributed by atoms with Gasteiger partial charge in [-0.15, -0.1) is 0 Å². The van der Waals surface area contributed by atoms with Gasteiger partial charge in [0.25, 0.3) is 0 Å². The fraction of sp³-hybridized carbons (Fsp3) is 0.269. The molecule has 0 amide bonds. The highest BCUT2D eigenvalue weighted by molar-refractivity contribution is 7.13. The summed E-state index contributed by atoms with van der Waals surface area (Å²) in [6, 6.07) is 22.2. The second kappa shape index (κ2) is 10.1. The largest absolute Gasteiger partial charge is 0.494 e. The van der Waals surface area contributed by atoms with Gasteiger partial charge in [0.2, 0.25) is 0 Å². The molecule has 33 heavy (non-hydrogen) atoms. The standard InChI is InChI=1S/C26H26ClN3O2S/c27-25-21(9-4-10-23(25)28-26-22-8-1-2-11-24(22)33-29-26)18-6-3-7-20(16-18)32-15-5-13-30-14-12-19(31)17-30/h1-4,6-11,16,19,31H,5,12-15,17H2,(H,28,29). The summed E-state index contributed by atoms with van der Waals surface area (Å²) >= 11 is 8.29. The summed E-state index contributed by atoms with van der Waals surface area (Å²) in [5.74, 6) is 1.64. The van der Waals surface area contributed by atoms with E-state index in [0.717, 1.165) is 70.9 Å². The Morgan fingerprint density at radius 2 is 2.00 bits per heavy atom. The molecule has 170 valence electrons. The number of aromatic nitrogens is 1. The first kappa shape index (κ1) is 22.2. The molecule has 0 radical (unpaired) electrons. The van der Waals surface area contributed by atoms with Crippen LogP contribution >= 0.6 is 23.1 Å². The van der Waals surface area contributed by atoms with E-state index in [-0.39, 0.29) is 6.10 Å². The summed E-state index contributed by atoms with van der Waals surface area (Å²) in [7, 11) is 0. The van der Waals surface area contributed by atoms with Gasteiger partial charge in [-0.3, -0.25) is 0 Å². The number of aliphatic hydroxyl groups excluding tert-OH is 1. The second-order valence-electron chi connectivity index (χ2n) is 8.29. The Morgan fingerprint density at radius 1 is 1.12 bits per heavy atom. The number of nitrogens with zero attached hydrogens (tertiary/aromatic N) is 2. The van der Waals surface area contributed by atoms with Gasteiger partial charge in [0.1, 0.15) is 5.75 Å². The minimum atomic E-state index is -0.174. The van der Waals surface area contributed by atoms with Crippen LogP contribution in [0.15, 0.2) is 66.7 Å². The topological polar surface area (TPSA) is 57.6 Å². The van der Waals surface area contributed by atoms with Gasteiger partial charge in [0.15, 0.2) is 5.82 Å². The van der Waals surface area contributed by atoms with Gasteiger partial charge >= 0.3 is 0 Å². The van der Waals surface area contributed by atoms with Crippen molar-refractivity contribution in [1.82, 2.24) is 9.27 Å². The number of nitrogens with one attached hydrogen (secondary N) is 1. The van der Waals surface area contributed by atoms with Crippen molar-refractivity contribution >= 4 is 44.7 Å². The number of anilines is 2. The monoisotopic (exact) mass is 479 g/mol. The highest BCUT2D eigenvalue weighted by Crippen LogP contribution is 2.37. The van der Waals surface area contributed by atoms with Crippen molar-refractivity contribution in [1.29, 1.82) is 0 Å². The van der Waals surface area contributed by atoms with E-state index >= 15 is 0 Å². The number of fused-ring (bicyclic) bond motifs is 1. The van der Waals surface area contributed by atoms with E-state index in [9.17, 15) is 5.11 Å². The van der Waals surface area contributed by atoms with Gasteiger partial charge < -0.3 is 20.1 Å². The Morgan fingerprint density at radius 3 is 2.88 bits per heavy atom. The van der Waals surface area contributed by atoms with Crippen molar-refractivity contribution in [3.63, 3.8) is 0 Å². The molecule has 0 aliphatic carbocycles. The van der Waals surface area contributed by atoms with Crippen LogP contribution in [0.4, 0.5) is 11.5 Å². The molecule has 1 aromatic heterocycles. The Bertz CT molecular complexity index is 1250. The molecular weight excluding hydrogens is 454 g/mol. The van der Waals surface area contributed by atoms with Crippen LogP contribution in [-0.2, 0) is 0 Å². The molecule has 3 aromatic carbocycles. The van der Waals surface area contributed by atoms with Crippen LogP contribution in [0.25, 0.3) is 21.2 Å². The van der Waals surface area contributed by atoms with E-state index in [1.54, 1.807) is 0 Å². The lowest BCUT2D eigenvalue weighted by atomic mass is 10.0. The van der Waals surface area contributed by atoms with Crippen LogP contribution in [0.5, 0.6) is 5.75 Å². The Labute approximate surface area is 202 Å². The molecule has 1 fully saturated rings. The lowest BCUT2D eigenvalue weighted by molar-refractivity contribution is 0.173. The van der Waals surface area contributed by atoms with Crippen molar-refractivity contribution in [3.05, 3.63) is 71.8 Å². The van der Waals surface area contributed by atoms with Gasteiger partial charge in [-0.2, -0.15) is 4.37 Å². The molecule has 0 saturated carbocycles. The second-order valence-corrected chi connectivity index (χ2v) is 9.48. The first-order valence-electron chi connectivity index (χ1n) is 11.2. The number of halogens is 1. The maximum Gasteiger partial charge on any atom is 0.152 e. The third-order valence-corrected chi connectivity index (χ3v) is 7.14. The predicted octanol–water partition coefficient (Wildman–Crippen LogP) is 6.20. The molecule has 7 heteroatoms. The molecule has 0 bridgehead atoms. The SMILES string of the molecule is OC1CCN(CCCOc2cccc(-c3cccc(Nc4nsc5ccccc45)c3Cl)c2)C1. The lowest BCUT2D eigenvalue weighted by Gasteiger charge is -2.15. The zero-order chi connectivity index (χ0) is 22.6. The number of ether oxygens (including phenoxy) is 1. The summed E-state index contributed by atoms with van der Waals surface area (Å²) in [6.45, 7) is 3.33. The molecule has 5 rings (SSSR count). The fourth-order valence-electron chi connectivity index (χ4n) is 4.20. The molecule has 5 nitrogen and oxygen atoms in total. The van der Waals surface area contributed by atoms with Crippen LogP contribution < -0.4 is 10.1 Å². The van der Waals surface area contributed by atoms with E-state index in [0.29, 0.717) is 11.6 Å². The van der Waals surface area contributed by atoms with E-state index < -0.39 is 0 Å². The summed E-state index contributed by atoms with van der Waals surface area (Å²) in [6.07, 6.45) is 1.63. The van der Waals surface area contributed by atoms with Crippen LogP contribution in [-0.4, -0.2) is 46.7 Å². The van der Waals surface area contributed by atoms with Gasteiger partial charge in [-0.1, -0.05) is 48.0 Å². The first-order valence-corrected chi connectivity index (χ1v) is 12.4. The zero-order valence-electron chi connectivity index (χ0n) is 18.2. The number of benzene rings is 3. The Kier molecular flexibility index (Phi) is 6.78. The summed E-state index contributed by atoms with van der Waals surface area (Å²) in [5.41, 5.74) is 2.77. The average molecular weight is 480 g/mol. The number of likely N-dealkylation sites (tertiary alicyclic amines) is 1. The van der Waals surface area contributed by atoms with E-state index in [2.05, 4.69) is 26.7 Å². The summed E-state index contributed by atoms with van der Waals surface area (Å²) in [4.78, 5) is 2.29. The molecule has 1 unspecified atom stereocenters. The van der Waals surface area contributed by atoms with Crippen LogP contribution in [0, 0.1) is 0 Å². The number of hydrogen-bond donors (Lipinski definition) is 2. The van der Waals surface area contributed by atoms with Crippen molar-refractivity contribution in [2.24, 2.45) is 0 Å². The van der Waals surface area contributed by atoms with Crippen LogP contribution in [0.3, 0.4) is 0 Å². The van der Waals surface area contributed by atoms with Crippen molar-refractivity contribution in [2.75, 3.05) is 31.6 Å². The smallest absolute Gasteiger partial charge is 0.152 e. The molecule has 1 aliphatic rings. The number of hydrogen-bond acceptors (Lipinski definition) is 6. The van der Waals surface area contributed by atoms with Gasteiger partial charge in [0, 0.05) is 30.6 Å². The maximum absolute atomic E-state index is 9.64. The van der Waals surface area contributed by atoms with Crippen LogP contribution in [0.2, 0.25) is 5.02 Å². The third kappa shape index (κ3) is 5.14. The molecule has 1 saturated heterocycles. The molecule has 1 atom stereocenters. The number of β-amino-alcohol motifs (C(OH)–C–C–N with tert-alkyl or cyclic N) is 1. The first-order chi connectivity index (χ1) is 16.2. The fourth-order valence-corrected chi connectivity index (χ4v) is 5.22. The Hall–Kier alpha value is -2.64. The minimum absolute atomic E-state index is 0.174. The molecule has 1 aliphatic heterocycles. The quantitative estimate of drug-likeness (QED) is 0.295. The molecule has 4 aromatic rings. The normalized spacial score (nSPS) is 16.4. The highest BCUT2D eigenvalue weighted by Gasteiger charge is 2.19. The predicted molar refractivity (Wildman–Crippen MR) is 137 cm³/mol. The Balaban J connectivity index is 1.27. The molecule has 2 N–H and O–H groups in total. The minimum Gasteiger partial charge on any atom is -0.494 e. The van der Waals surface area contributed by atoms with Crippen molar-refractivity contribution in [3.8, 4) is 16.9 Å². The summed E-state index contributed by atoms with van der Waals surface area (Å²) in [5, 5.41) is 14.8. The van der Waals surface area contributed by atoms with Crippen molar-refractivity contribution in [2.45, 2.75) is 18.9 Å². The van der Waals surface area contributed by atoms with Crippen molar-refractivity contribution < 1.29 is 9.84 Å². The average Bonchev–Trinajstić information content (AvgIpc) is 3.44. The van der Waals surface area contributed by atoms with Gasteiger partial charge in [-0.25, -0.2) is 0 Å². The summed E-state index contributed by atoms with van der Waals surface area (Å²) < 4.78 is 11.7. The highest BCUT2D eigenvalue weighted by atomic mass is 35.5. The van der Waals surface area contributed by atoms with Gasteiger partial charge in [0.05, 0.1) is 28.1 Å². The van der Waals surface area contributed by atoms with E-state index in [4.69, 9.17) is 16.3 Å². The molecular formula is C26H26ClN3O2S. The van der Waals surface area contributed by atoms with E-state index in [1.807, 2.05) is 54.6 Å². The third-order valence-electron chi connectivity index (χ3n) is 5.91. The number of rotatable bonds is 8. The number of aliphatic hydroxyl groups is 1. The molecule has 0 spiro atoms. The maximum atomic E-state index is 9.64. The van der Waals surface area contributed by atoms with E-state index in [1.165, 1.54) is 11.5 Å². The van der Waals surface area contributed by atoms with Crippen LogP contribution in [0.1, 0.15) is 12.8 Å².